The molecular formula is C23H29N3O2. The Kier molecular flexibility index (Phi) is 6.80. The van der Waals surface area contributed by atoms with Crippen LogP contribution in [0, 0.1) is 25.2 Å². The highest BCUT2D eigenvalue weighted by Gasteiger charge is 2.17. The average molecular weight is 380 g/mol. The number of pyridine rings is 1. The first-order chi connectivity index (χ1) is 13.2. The maximum atomic E-state index is 12.7. The van der Waals surface area contributed by atoms with Gasteiger partial charge in [-0.05, 0) is 54.4 Å². The summed E-state index contributed by atoms with van der Waals surface area (Å²) in [5.74, 6) is 0.533. The number of anilines is 1. The highest BCUT2D eigenvalue weighted by atomic mass is 16.1. The van der Waals surface area contributed by atoms with Gasteiger partial charge in [-0.3, -0.25) is 9.59 Å². The van der Waals surface area contributed by atoms with Crippen LogP contribution in [0.2, 0.25) is 0 Å². The Hall–Kier alpha value is -2.87. The fraction of sp³-hybridized carbons (Fsp3) is 0.435. The number of nitrogens with one attached hydrogen (secondary N) is 2. The molecule has 2 rings (SSSR count). The third kappa shape index (κ3) is 4.51. The van der Waals surface area contributed by atoms with Gasteiger partial charge in [-0.2, -0.15) is 5.26 Å². The molecule has 0 fully saturated rings. The number of nitrogens with zero attached hydrogens (tertiary/aromatic N) is 1. The van der Waals surface area contributed by atoms with E-state index >= 15 is 0 Å². The Morgan fingerprint density at radius 3 is 2.21 bits per heavy atom. The molecule has 5 heteroatoms. The van der Waals surface area contributed by atoms with Crippen molar-refractivity contribution in [2.45, 2.75) is 66.2 Å². The predicted octanol–water partition coefficient (Wildman–Crippen LogP) is 4.68. The van der Waals surface area contributed by atoms with Gasteiger partial charge in [0, 0.05) is 17.8 Å². The smallest absolute Gasteiger partial charge is 0.266 e. The van der Waals surface area contributed by atoms with Gasteiger partial charge in [-0.15, -0.1) is 0 Å². The van der Waals surface area contributed by atoms with Gasteiger partial charge >= 0.3 is 0 Å². The van der Waals surface area contributed by atoms with Gasteiger partial charge in [0.05, 0.1) is 0 Å². The molecule has 0 unspecified atom stereocenters. The highest BCUT2D eigenvalue weighted by molar-refractivity contribution is 5.92. The molecule has 148 valence electrons. The Balaban J connectivity index is 2.26. The van der Waals surface area contributed by atoms with Crippen molar-refractivity contribution in [2.75, 3.05) is 5.32 Å². The molecule has 0 bridgehead atoms. The lowest BCUT2D eigenvalue weighted by atomic mass is 9.92. The van der Waals surface area contributed by atoms with Crippen LogP contribution in [-0.4, -0.2) is 10.9 Å². The molecule has 0 spiro atoms. The summed E-state index contributed by atoms with van der Waals surface area (Å²) >= 11 is 0. The average Bonchev–Trinajstić information content (AvgIpc) is 2.61. The SMILES string of the molecule is Cc1[nH]c(=O)c(C#N)c(C)c1CCC(=O)Nc1c(C(C)C)cccc1C(C)C. The lowest BCUT2D eigenvalue weighted by Gasteiger charge is -2.20. The standard InChI is InChI=1S/C23H29N3O2/c1-13(2)17-8-7-9-18(14(3)4)22(17)26-21(27)11-10-19-15(5)20(12-24)23(28)25-16(19)6/h7-9,13-14H,10-11H2,1-6H3,(H,25,28)(H,26,27). The maximum absolute atomic E-state index is 12.7. The third-order valence-corrected chi connectivity index (χ3v) is 5.16. The van der Waals surface area contributed by atoms with Gasteiger partial charge in [0.25, 0.3) is 5.56 Å². The summed E-state index contributed by atoms with van der Waals surface area (Å²) in [4.78, 5) is 27.3. The van der Waals surface area contributed by atoms with E-state index in [9.17, 15) is 14.9 Å². The molecule has 0 saturated heterocycles. The summed E-state index contributed by atoms with van der Waals surface area (Å²) in [6.45, 7) is 12.0. The van der Waals surface area contributed by atoms with E-state index in [2.05, 4.69) is 50.1 Å². The largest absolute Gasteiger partial charge is 0.326 e. The van der Waals surface area contributed by atoms with Crippen LogP contribution >= 0.6 is 0 Å². The molecule has 0 radical (unpaired) electrons. The number of benzene rings is 1. The normalized spacial score (nSPS) is 11.0. The molecule has 0 aliphatic carbocycles. The molecule has 0 aliphatic heterocycles. The third-order valence-electron chi connectivity index (χ3n) is 5.16. The Morgan fingerprint density at radius 1 is 1.14 bits per heavy atom. The molecule has 0 saturated carbocycles. The van der Waals surface area contributed by atoms with Gasteiger partial charge in [-0.25, -0.2) is 0 Å². The van der Waals surface area contributed by atoms with E-state index in [0.717, 1.165) is 22.4 Å². The lowest BCUT2D eigenvalue weighted by molar-refractivity contribution is -0.116. The van der Waals surface area contributed by atoms with Crippen LogP contribution in [0.25, 0.3) is 0 Å². The minimum atomic E-state index is -0.377. The zero-order chi connectivity index (χ0) is 21.0. The quantitative estimate of drug-likeness (QED) is 0.764. The number of aryl methyl sites for hydroxylation is 1. The van der Waals surface area contributed by atoms with Crippen molar-refractivity contribution < 1.29 is 4.79 Å². The van der Waals surface area contributed by atoms with Gasteiger partial charge in [0.1, 0.15) is 11.6 Å². The summed E-state index contributed by atoms with van der Waals surface area (Å²) in [6, 6.07) is 8.11. The van der Waals surface area contributed by atoms with E-state index in [1.807, 2.05) is 12.1 Å². The van der Waals surface area contributed by atoms with Crippen LogP contribution in [0.4, 0.5) is 5.69 Å². The second-order valence-electron chi connectivity index (χ2n) is 7.84. The summed E-state index contributed by atoms with van der Waals surface area (Å²) in [5.41, 5.74) is 5.12. The van der Waals surface area contributed by atoms with Crippen molar-refractivity contribution in [1.82, 2.24) is 4.98 Å². The number of aromatic nitrogens is 1. The molecule has 0 aliphatic rings. The first-order valence-corrected chi connectivity index (χ1v) is 9.72. The van der Waals surface area contributed by atoms with E-state index in [0.29, 0.717) is 29.5 Å². The molecular weight excluding hydrogens is 350 g/mol. The van der Waals surface area contributed by atoms with Crippen LogP contribution < -0.4 is 10.9 Å². The number of hydrogen-bond acceptors (Lipinski definition) is 3. The number of rotatable bonds is 6. The minimum Gasteiger partial charge on any atom is -0.326 e. The van der Waals surface area contributed by atoms with Crippen molar-refractivity contribution >= 4 is 11.6 Å². The molecule has 1 amide bonds. The fourth-order valence-corrected chi connectivity index (χ4v) is 3.56. The summed E-state index contributed by atoms with van der Waals surface area (Å²) in [6.07, 6.45) is 0.748. The van der Waals surface area contributed by atoms with E-state index in [-0.39, 0.29) is 23.5 Å². The number of hydrogen-bond donors (Lipinski definition) is 2. The maximum Gasteiger partial charge on any atom is 0.266 e. The second-order valence-corrected chi connectivity index (χ2v) is 7.84. The van der Waals surface area contributed by atoms with Crippen LogP contribution in [0.15, 0.2) is 23.0 Å². The van der Waals surface area contributed by atoms with Crippen molar-refractivity contribution in [2.24, 2.45) is 0 Å². The molecule has 28 heavy (non-hydrogen) atoms. The van der Waals surface area contributed by atoms with E-state index in [1.54, 1.807) is 13.8 Å². The van der Waals surface area contributed by atoms with Crippen molar-refractivity contribution in [1.29, 1.82) is 5.26 Å². The molecule has 2 N–H and O–H groups in total. The van der Waals surface area contributed by atoms with Crippen LogP contribution in [-0.2, 0) is 11.2 Å². The summed E-state index contributed by atoms with van der Waals surface area (Å²) < 4.78 is 0. The van der Waals surface area contributed by atoms with Crippen LogP contribution in [0.1, 0.15) is 79.5 Å². The zero-order valence-corrected chi connectivity index (χ0v) is 17.6. The number of amides is 1. The number of H-pyrrole nitrogens is 1. The minimum absolute atomic E-state index is 0.0708. The molecule has 0 atom stereocenters. The number of nitriles is 1. The van der Waals surface area contributed by atoms with Gasteiger partial charge < -0.3 is 10.3 Å². The predicted molar refractivity (Wildman–Crippen MR) is 113 cm³/mol. The topological polar surface area (TPSA) is 85.8 Å². The fourth-order valence-electron chi connectivity index (χ4n) is 3.56. The zero-order valence-electron chi connectivity index (χ0n) is 17.6. The molecule has 1 aromatic carbocycles. The van der Waals surface area contributed by atoms with Crippen LogP contribution in [0.3, 0.4) is 0 Å². The molecule has 1 heterocycles. The molecule has 5 nitrogen and oxygen atoms in total. The molecule has 1 aromatic heterocycles. The first kappa shape index (κ1) is 21.4. The summed E-state index contributed by atoms with van der Waals surface area (Å²) in [7, 11) is 0. The van der Waals surface area contributed by atoms with Crippen molar-refractivity contribution in [3.63, 3.8) is 0 Å². The first-order valence-electron chi connectivity index (χ1n) is 9.72. The summed E-state index contributed by atoms with van der Waals surface area (Å²) in [5, 5.41) is 12.3. The monoisotopic (exact) mass is 379 g/mol. The Bertz CT molecular complexity index is 952. The van der Waals surface area contributed by atoms with Gasteiger partial charge in [0.2, 0.25) is 5.91 Å². The van der Waals surface area contributed by atoms with Crippen LogP contribution in [0.5, 0.6) is 0 Å². The van der Waals surface area contributed by atoms with E-state index in [4.69, 9.17) is 0 Å². The van der Waals surface area contributed by atoms with E-state index in [1.165, 1.54) is 0 Å². The van der Waals surface area contributed by atoms with Gasteiger partial charge in [0.15, 0.2) is 0 Å². The van der Waals surface area contributed by atoms with Crippen molar-refractivity contribution in [3.8, 4) is 6.07 Å². The Labute approximate surface area is 166 Å². The highest BCUT2D eigenvalue weighted by Crippen LogP contribution is 2.32. The van der Waals surface area contributed by atoms with Gasteiger partial charge in [-0.1, -0.05) is 45.9 Å². The number of para-hydroxylation sites is 1. The van der Waals surface area contributed by atoms with Crippen molar-refractivity contribution in [3.05, 3.63) is 62.1 Å². The number of carbonyl (C=O) groups excluding carboxylic acids is 1. The lowest BCUT2D eigenvalue weighted by Crippen LogP contribution is -2.19. The number of carbonyl (C=O) groups is 1. The molecule has 2 aromatic rings. The van der Waals surface area contributed by atoms with E-state index < -0.39 is 0 Å². The number of aromatic amines is 1. The second kappa shape index (κ2) is 8.88. The Morgan fingerprint density at radius 2 is 1.71 bits per heavy atom.